The minimum absolute atomic E-state index is 0.0723. The third-order valence-electron chi connectivity index (χ3n) is 4.42. The molecule has 0 unspecified atom stereocenters. The average Bonchev–Trinajstić information content (AvgIpc) is 2.76. The van der Waals surface area contributed by atoms with Gasteiger partial charge in [-0.1, -0.05) is 37.6 Å². The summed E-state index contributed by atoms with van der Waals surface area (Å²) in [5, 5.41) is 16.4. The maximum Gasteiger partial charge on any atom is 0.329 e. The van der Waals surface area contributed by atoms with Crippen molar-refractivity contribution in [2.75, 3.05) is 18.5 Å². The highest BCUT2D eigenvalue weighted by Crippen LogP contribution is 2.29. The van der Waals surface area contributed by atoms with Crippen LogP contribution in [-0.2, 0) is 14.3 Å². The van der Waals surface area contributed by atoms with Crippen LogP contribution in [0.15, 0.2) is 42.5 Å². The Balaban J connectivity index is 2.01. The smallest absolute Gasteiger partial charge is 0.329 e. The number of carbonyl (C=O) groups excluding carboxylic acids is 3. The van der Waals surface area contributed by atoms with Gasteiger partial charge in [0.1, 0.15) is 17.5 Å². The molecule has 0 aromatic heterocycles. The number of benzene rings is 2. The van der Waals surface area contributed by atoms with E-state index in [1.54, 1.807) is 39.0 Å². The van der Waals surface area contributed by atoms with E-state index in [0.29, 0.717) is 6.61 Å². The Morgan fingerprint density at radius 3 is 2.45 bits per heavy atom. The zero-order valence-electron chi connectivity index (χ0n) is 18.3. The summed E-state index contributed by atoms with van der Waals surface area (Å²) in [4.78, 5) is 47.9. The van der Waals surface area contributed by atoms with Crippen LogP contribution in [0.5, 0.6) is 5.75 Å². The fourth-order valence-electron chi connectivity index (χ4n) is 2.80. The topological polar surface area (TPSA) is 137 Å². The van der Waals surface area contributed by atoms with Crippen LogP contribution < -0.4 is 15.4 Å². The fraction of sp³-hybridized carbons (Fsp3) is 0.318. The molecule has 1 atom stereocenters. The zero-order chi connectivity index (χ0) is 24.5. The number of carbonyl (C=O) groups is 3. The summed E-state index contributed by atoms with van der Waals surface area (Å²) in [6.45, 7) is 4.75. The van der Waals surface area contributed by atoms with Crippen LogP contribution in [-0.4, -0.2) is 42.0 Å². The molecule has 2 rings (SSSR count). The number of halogens is 1. The highest BCUT2D eigenvalue weighted by molar-refractivity contribution is 6.33. The standard InChI is InChI=1S/C22H24ClN3O7/c1-4-32-14-9-10-17(18(11-14)26(30)31)24-19(27)12-33-22(29)20(13(2)3)25-21(28)15-7-5-6-8-16(15)23/h5-11,13,20H,4,12H2,1-3H3,(H,24,27)(H,25,28)/t20-/m1/s1. The Kier molecular flexibility index (Phi) is 9.17. The number of nitro benzene ring substituents is 1. The van der Waals surface area contributed by atoms with Crippen LogP contribution in [0.1, 0.15) is 31.1 Å². The first-order valence-electron chi connectivity index (χ1n) is 10.1. The SMILES string of the molecule is CCOc1ccc(NC(=O)COC(=O)[C@H](NC(=O)c2ccccc2Cl)C(C)C)c([N+](=O)[O-])c1. The largest absolute Gasteiger partial charge is 0.494 e. The van der Waals surface area contributed by atoms with Crippen molar-refractivity contribution >= 4 is 40.8 Å². The summed E-state index contributed by atoms with van der Waals surface area (Å²) in [5.41, 5.74) is -0.247. The van der Waals surface area contributed by atoms with Crippen molar-refractivity contribution in [3.63, 3.8) is 0 Å². The fourth-order valence-corrected chi connectivity index (χ4v) is 3.02. The average molecular weight is 478 g/mol. The molecule has 0 bridgehead atoms. The molecule has 2 aromatic carbocycles. The molecule has 0 saturated heterocycles. The Bertz CT molecular complexity index is 1040. The molecule has 11 heteroatoms. The maximum absolute atomic E-state index is 12.5. The van der Waals surface area contributed by atoms with E-state index in [-0.39, 0.29) is 33.6 Å². The lowest BCUT2D eigenvalue weighted by Gasteiger charge is -2.21. The van der Waals surface area contributed by atoms with Crippen molar-refractivity contribution in [1.29, 1.82) is 0 Å². The lowest BCUT2D eigenvalue weighted by Crippen LogP contribution is -2.46. The molecule has 0 saturated carbocycles. The number of rotatable bonds is 10. The van der Waals surface area contributed by atoms with E-state index >= 15 is 0 Å². The number of esters is 1. The second kappa shape index (κ2) is 11.8. The predicted molar refractivity (Wildman–Crippen MR) is 121 cm³/mol. The minimum atomic E-state index is -1.04. The quantitative estimate of drug-likeness (QED) is 0.303. The van der Waals surface area contributed by atoms with Gasteiger partial charge in [0, 0.05) is 0 Å². The summed E-state index contributed by atoms with van der Waals surface area (Å²) in [5.74, 6) is -2.25. The van der Waals surface area contributed by atoms with Gasteiger partial charge in [-0.15, -0.1) is 0 Å². The summed E-state index contributed by atoms with van der Waals surface area (Å²) < 4.78 is 10.3. The first-order valence-corrected chi connectivity index (χ1v) is 10.4. The maximum atomic E-state index is 12.5. The number of hydrogen-bond donors (Lipinski definition) is 2. The Hall–Kier alpha value is -3.66. The van der Waals surface area contributed by atoms with Crippen LogP contribution >= 0.6 is 11.6 Å². The summed E-state index contributed by atoms with van der Waals surface area (Å²) in [6.07, 6.45) is 0. The summed E-state index contributed by atoms with van der Waals surface area (Å²) >= 11 is 6.02. The zero-order valence-corrected chi connectivity index (χ0v) is 19.0. The Morgan fingerprint density at radius 2 is 1.85 bits per heavy atom. The molecule has 176 valence electrons. The van der Waals surface area contributed by atoms with Gasteiger partial charge < -0.3 is 20.1 Å². The molecule has 0 heterocycles. The number of amides is 2. The molecule has 0 aliphatic carbocycles. The molecule has 10 nitrogen and oxygen atoms in total. The first kappa shape index (κ1) is 25.6. The number of nitrogens with zero attached hydrogens (tertiary/aromatic N) is 1. The number of ether oxygens (including phenoxy) is 2. The van der Waals surface area contributed by atoms with E-state index in [1.807, 2.05) is 0 Å². The van der Waals surface area contributed by atoms with Gasteiger partial charge in [-0.25, -0.2) is 4.79 Å². The van der Waals surface area contributed by atoms with Gasteiger partial charge in [0.15, 0.2) is 6.61 Å². The van der Waals surface area contributed by atoms with E-state index in [0.717, 1.165) is 0 Å². The number of nitro groups is 1. The van der Waals surface area contributed by atoms with Gasteiger partial charge in [0.05, 0.1) is 28.2 Å². The van der Waals surface area contributed by atoms with Crippen LogP contribution in [0.4, 0.5) is 11.4 Å². The molecule has 33 heavy (non-hydrogen) atoms. The Morgan fingerprint density at radius 1 is 1.15 bits per heavy atom. The van der Waals surface area contributed by atoms with Crippen molar-refractivity contribution in [3.8, 4) is 5.75 Å². The summed E-state index contributed by atoms with van der Waals surface area (Å²) in [6, 6.07) is 9.29. The minimum Gasteiger partial charge on any atom is -0.494 e. The molecular weight excluding hydrogens is 454 g/mol. The monoisotopic (exact) mass is 477 g/mol. The molecule has 0 spiro atoms. The molecule has 0 aliphatic rings. The van der Waals surface area contributed by atoms with Crippen molar-refractivity contribution in [2.24, 2.45) is 5.92 Å². The molecule has 0 radical (unpaired) electrons. The van der Waals surface area contributed by atoms with Crippen LogP contribution in [0.2, 0.25) is 5.02 Å². The highest BCUT2D eigenvalue weighted by atomic mass is 35.5. The van der Waals surface area contributed by atoms with Crippen molar-refractivity contribution in [1.82, 2.24) is 5.32 Å². The van der Waals surface area contributed by atoms with E-state index in [4.69, 9.17) is 21.1 Å². The van der Waals surface area contributed by atoms with Gasteiger partial charge in [0.2, 0.25) is 0 Å². The van der Waals surface area contributed by atoms with E-state index in [9.17, 15) is 24.5 Å². The molecular formula is C22H24ClN3O7. The molecule has 0 aliphatic heterocycles. The van der Waals surface area contributed by atoms with Crippen LogP contribution in [0.3, 0.4) is 0 Å². The summed E-state index contributed by atoms with van der Waals surface area (Å²) in [7, 11) is 0. The lowest BCUT2D eigenvalue weighted by molar-refractivity contribution is -0.384. The molecule has 0 fully saturated rings. The second-order valence-corrected chi connectivity index (χ2v) is 7.61. The number of nitrogens with one attached hydrogen (secondary N) is 2. The van der Waals surface area contributed by atoms with Crippen LogP contribution in [0.25, 0.3) is 0 Å². The van der Waals surface area contributed by atoms with Crippen molar-refractivity contribution in [3.05, 3.63) is 63.2 Å². The van der Waals surface area contributed by atoms with Crippen LogP contribution in [0, 0.1) is 16.0 Å². The van der Waals surface area contributed by atoms with Gasteiger partial charge in [-0.3, -0.25) is 19.7 Å². The van der Waals surface area contributed by atoms with Gasteiger partial charge in [0.25, 0.3) is 17.5 Å². The third-order valence-corrected chi connectivity index (χ3v) is 4.75. The Labute approximate surface area is 195 Å². The number of hydrogen-bond acceptors (Lipinski definition) is 7. The molecule has 2 aromatic rings. The normalized spacial score (nSPS) is 11.4. The van der Waals surface area contributed by atoms with Gasteiger partial charge in [-0.05, 0) is 37.1 Å². The van der Waals surface area contributed by atoms with Crippen molar-refractivity contribution < 1.29 is 28.8 Å². The van der Waals surface area contributed by atoms with Gasteiger partial charge >= 0.3 is 5.97 Å². The van der Waals surface area contributed by atoms with E-state index in [1.165, 1.54) is 24.3 Å². The van der Waals surface area contributed by atoms with Gasteiger partial charge in [-0.2, -0.15) is 0 Å². The highest BCUT2D eigenvalue weighted by Gasteiger charge is 2.27. The van der Waals surface area contributed by atoms with E-state index in [2.05, 4.69) is 10.6 Å². The third kappa shape index (κ3) is 7.18. The molecule has 2 N–H and O–H groups in total. The van der Waals surface area contributed by atoms with Crippen molar-refractivity contribution in [2.45, 2.75) is 26.8 Å². The second-order valence-electron chi connectivity index (χ2n) is 7.20. The lowest BCUT2D eigenvalue weighted by atomic mass is 10.0. The number of anilines is 1. The van der Waals surface area contributed by atoms with E-state index < -0.39 is 35.4 Å². The molecule has 2 amide bonds. The first-order chi connectivity index (χ1) is 15.6. The predicted octanol–water partition coefficient (Wildman–Crippen LogP) is 3.58.